The Morgan fingerprint density at radius 3 is 3.18 bits per heavy atom. The van der Waals surface area contributed by atoms with Crippen molar-refractivity contribution in [2.75, 3.05) is 18.0 Å². The van der Waals surface area contributed by atoms with Gasteiger partial charge in [-0.05, 0) is 37.1 Å². The number of thiophene rings is 1. The molecule has 3 aromatic heterocycles. The Morgan fingerprint density at radius 1 is 1.36 bits per heavy atom. The molecule has 114 valence electrons. The molecule has 0 bridgehead atoms. The number of piperidine rings is 1. The molecular weight excluding hydrogens is 294 g/mol. The molecule has 1 fully saturated rings. The predicted molar refractivity (Wildman–Crippen MR) is 89.3 cm³/mol. The van der Waals surface area contributed by atoms with Crippen LogP contribution in [0, 0.1) is 12.8 Å². The van der Waals surface area contributed by atoms with Crippen molar-refractivity contribution in [1.29, 1.82) is 0 Å². The van der Waals surface area contributed by atoms with Crippen LogP contribution in [0.1, 0.15) is 18.7 Å². The highest BCUT2D eigenvalue weighted by Crippen LogP contribution is 2.31. The summed E-state index contributed by atoms with van der Waals surface area (Å²) in [5.41, 5.74) is 1.07. The van der Waals surface area contributed by atoms with Gasteiger partial charge in [0.05, 0.1) is 16.5 Å². The second-order valence-corrected chi connectivity index (χ2v) is 6.86. The Kier molecular flexibility index (Phi) is 3.54. The fourth-order valence-electron chi connectivity index (χ4n) is 3.27. The van der Waals surface area contributed by atoms with Gasteiger partial charge in [-0.3, -0.25) is 0 Å². The summed E-state index contributed by atoms with van der Waals surface area (Å²) in [6, 6.07) is 2.09. The normalized spacial score (nSPS) is 19.0. The molecular formula is C16H19N5S. The van der Waals surface area contributed by atoms with Crippen LogP contribution in [0.3, 0.4) is 0 Å². The molecule has 0 spiro atoms. The molecule has 22 heavy (non-hydrogen) atoms. The summed E-state index contributed by atoms with van der Waals surface area (Å²) in [5, 5.41) is 2.11. The first-order valence-electron chi connectivity index (χ1n) is 7.72. The Labute approximate surface area is 133 Å². The van der Waals surface area contributed by atoms with Crippen molar-refractivity contribution < 1.29 is 0 Å². The third-order valence-electron chi connectivity index (χ3n) is 4.24. The van der Waals surface area contributed by atoms with Crippen LogP contribution in [0.15, 0.2) is 30.2 Å². The largest absolute Gasteiger partial charge is 0.355 e. The number of anilines is 1. The van der Waals surface area contributed by atoms with Crippen LogP contribution in [0.2, 0.25) is 0 Å². The van der Waals surface area contributed by atoms with Crippen LogP contribution in [0.5, 0.6) is 0 Å². The Hall–Kier alpha value is -1.95. The summed E-state index contributed by atoms with van der Waals surface area (Å²) in [4.78, 5) is 15.8. The second kappa shape index (κ2) is 5.68. The summed E-state index contributed by atoms with van der Waals surface area (Å²) in [5.74, 6) is 2.62. The highest BCUT2D eigenvalue weighted by atomic mass is 32.1. The standard InChI is InChI=1S/C16H19N5S/c1-12-18-14-4-8-22-15(14)16(19-12)21-6-2-3-13(10-21)9-20-7-5-17-11-20/h4-5,7-8,11,13H,2-3,6,9-10H2,1H3/t13-/m1/s1. The van der Waals surface area contributed by atoms with E-state index in [2.05, 4.69) is 30.9 Å². The molecule has 0 radical (unpaired) electrons. The SMILES string of the molecule is Cc1nc(N2CCC[C@H](Cn3ccnc3)C2)c2sccc2n1. The van der Waals surface area contributed by atoms with Gasteiger partial charge in [0.25, 0.3) is 0 Å². The van der Waals surface area contributed by atoms with Crippen molar-refractivity contribution in [3.05, 3.63) is 36.0 Å². The average Bonchev–Trinajstić information content (AvgIpc) is 3.18. The van der Waals surface area contributed by atoms with Crippen LogP contribution in [0.25, 0.3) is 10.2 Å². The molecule has 0 unspecified atom stereocenters. The zero-order valence-corrected chi connectivity index (χ0v) is 13.5. The maximum atomic E-state index is 4.73. The van der Waals surface area contributed by atoms with E-state index >= 15 is 0 Å². The van der Waals surface area contributed by atoms with Gasteiger partial charge in [0.1, 0.15) is 11.6 Å². The molecule has 1 atom stereocenters. The molecule has 0 saturated carbocycles. The smallest absolute Gasteiger partial charge is 0.150 e. The van der Waals surface area contributed by atoms with Crippen molar-refractivity contribution in [1.82, 2.24) is 19.5 Å². The first kappa shape index (κ1) is 13.7. The van der Waals surface area contributed by atoms with Crippen LogP contribution in [0.4, 0.5) is 5.82 Å². The van der Waals surface area contributed by atoms with Gasteiger partial charge in [-0.15, -0.1) is 11.3 Å². The zero-order chi connectivity index (χ0) is 14.9. The summed E-state index contributed by atoms with van der Waals surface area (Å²) in [7, 11) is 0. The summed E-state index contributed by atoms with van der Waals surface area (Å²) < 4.78 is 3.40. The molecule has 4 heterocycles. The van der Waals surface area contributed by atoms with Crippen molar-refractivity contribution >= 4 is 27.4 Å². The highest BCUT2D eigenvalue weighted by molar-refractivity contribution is 7.17. The molecule has 0 aliphatic carbocycles. The first-order valence-corrected chi connectivity index (χ1v) is 8.60. The van der Waals surface area contributed by atoms with Gasteiger partial charge in [-0.2, -0.15) is 0 Å². The van der Waals surface area contributed by atoms with E-state index in [1.807, 2.05) is 25.6 Å². The number of rotatable bonds is 3. The minimum atomic E-state index is 0.647. The van der Waals surface area contributed by atoms with Crippen molar-refractivity contribution in [3.8, 4) is 0 Å². The third-order valence-corrected chi connectivity index (χ3v) is 5.14. The third kappa shape index (κ3) is 2.59. The van der Waals surface area contributed by atoms with E-state index in [0.717, 1.165) is 36.8 Å². The molecule has 3 aromatic rings. The molecule has 0 aromatic carbocycles. The number of hydrogen-bond acceptors (Lipinski definition) is 5. The molecule has 1 aliphatic heterocycles. The van der Waals surface area contributed by atoms with E-state index in [1.54, 1.807) is 11.3 Å². The van der Waals surface area contributed by atoms with Crippen molar-refractivity contribution in [2.24, 2.45) is 5.92 Å². The lowest BCUT2D eigenvalue weighted by atomic mass is 9.98. The Bertz CT molecular complexity index is 764. The number of aryl methyl sites for hydroxylation is 1. The highest BCUT2D eigenvalue weighted by Gasteiger charge is 2.23. The van der Waals surface area contributed by atoms with Crippen molar-refractivity contribution in [2.45, 2.75) is 26.3 Å². The van der Waals surface area contributed by atoms with Gasteiger partial charge in [-0.25, -0.2) is 15.0 Å². The van der Waals surface area contributed by atoms with Crippen LogP contribution in [-0.4, -0.2) is 32.6 Å². The monoisotopic (exact) mass is 313 g/mol. The summed E-state index contributed by atoms with van der Waals surface area (Å²) in [6.45, 7) is 5.16. The average molecular weight is 313 g/mol. The van der Waals surface area contributed by atoms with Gasteiger partial charge in [0, 0.05) is 32.0 Å². The topological polar surface area (TPSA) is 46.8 Å². The molecule has 6 heteroatoms. The molecule has 0 amide bonds. The molecule has 5 nitrogen and oxygen atoms in total. The van der Waals surface area contributed by atoms with Gasteiger partial charge in [0.2, 0.25) is 0 Å². The molecule has 4 rings (SSSR count). The minimum absolute atomic E-state index is 0.647. The van der Waals surface area contributed by atoms with E-state index in [1.165, 1.54) is 17.5 Å². The van der Waals surface area contributed by atoms with Crippen LogP contribution >= 0.6 is 11.3 Å². The van der Waals surface area contributed by atoms with Crippen molar-refractivity contribution in [3.63, 3.8) is 0 Å². The van der Waals surface area contributed by atoms with E-state index < -0.39 is 0 Å². The fraction of sp³-hybridized carbons (Fsp3) is 0.438. The minimum Gasteiger partial charge on any atom is -0.355 e. The van der Waals surface area contributed by atoms with Gasteiger partial charge >= 0.3 is 0 Å². The summed E-state index contributed by atoms with van der Waals surface area (Å²) >= 11 is 1.74. The lowest BCUT2D eigenvalue weighted by Gasteiger charge is -2.34. The zero-order valence-electron chi connectivity index (χ0n) is 12.6. The van der Waals surface area contributed by atoms with E-state index in [9.17, 15) is 0 Å². The van der Waals surface area contributed by atoms with Gasteiger partial charge < -0.3 is 9.47 Å². The number of aromatic nitrogens is 4. The predicted octanol–water partition coefficient (Wildman–Crippen LogP) is 3.11. The number of fused-ring (bicyclic) bond motifs is 1. The van der Waals surface area contributed by atoms with Crippen LogP contribution < -0.4 is 4.90 Å². The maximum Gasteiger partial charge on any atom is 0.150 e. The van der Waals surface area contributed by atoms with E-state index in [4.69, 9.17) is 4.98 Å². The number of nitrogens with zero attached hydrogens (tertiary/aromatic N) is 5. The number of hydrogen-bond donors (Lipinski definition) is 0. The lowest BCUT2D eigenvalue weighted by molar-refractivity contribution is 0.365. The fourth-order valence-corrected chi connectivity index (χ4v) is 4.12. The second-order valence-electron chi connectivity index (χ2n) is 5.94. The molecule has 1 saturated heterocycles. The van der Waals surface area contributed by atoms with E-state index in [0.29, 0.717) is 5.92 Å². The van der Waals surface area contributed by atoms with Crippen LogP contribution in [-0.2, 0) is 6.54 Å². The number of imidazole rings is 1. The summed E-state index contributed by atoms with van der Waals surface area (Å²) in [6.07, 6.45) is 8.29. The van der Waals surface area contributed by atoms with Gasteiger partial charge in [-0.1, -0.05) is 0 Å². The van der Waals surface area contributed by atoms with E-state index in [-0.39, 0.29) is 0 Å². The molecule has 0 N–H and O–H groups in total. The Balaban J connectivity index is 1.59. The Morgan fingerprint density at radius 2 is 2.32 bits per heavy atom. The maximum absolute atomic E-state index is 4.73. The van der Waals surface area contributed by atoms with Gasteiger partial charge in [0.15, 0.2) is 0 Å². The lowest BCUT2D eigenvalue weighted by Crippen LogP contribution is -2.37. The quantitative estimate of drug-likeness (QED) is 0.745. The first-order chi connectivity index (χ1) is 10.8. The molecule has 1 aliphatic rings.